The van der Waals surface area contributed by atoms with Gasteiger partial charge < -0.3 is 21.1 Å². The summed E-state index contributed by atoms with van der Waals surface area (Å²) in [6.45, 7) is 0.0875. The predicted octanol–water partition coefficient (Wildman–Crippen LogP) is 0.708. The van der Waals surface area contributed by atoms with Gasteiger partial charge in [-0.3, -0.25) is 0 Å². The Bertz CT molecular complexity index is 280. The first-order valence-corrected chi connectivity index (χ1v) is 3.55. The highest BCUT2D eigenvalue weighted by Crippen LogP contribution is 2.27. The number of phenols is 2. The summed E-state index contributed by atoms with van der Waals surface area (Å²) in [4.78, 5) is 0. The van der Waals surface area contributed by atoms with E-state index < -0.39 is 6.10 Å². The zero-order chi connectivity index (χ0) is 9.14. The molecule has 1 rings (SSSR count). The lowest BCUT2D eigenvalue weighted by atomic mass is 10.1. The summed E-state index contributed by atoms with van der Waals surface area (Å²) < 4.78 is 0. The summed E-state index contributed by atoms with van der Waals surface area (Å²) >= 11 is 0. The van der Waals surface area contributed by atoms with Gasteiger partial charge in [0.25, 0.3) is 0 Å². The fourth-order valence-corrected chi connectivity index (χ4v) is 0.884. The van der Waals surface area contributed by atoms with Crippen molar-refractivity contribution in [3.05, 3.63) is 23.8 Å². The largest absolute Gasteiger partial charge is 0.504 e. The summed E-state index contributed by atoms with van der Waals surface area (Å²) in [6.07, 6.45) is -0.795. The van der Waals surface area contributed by atoms with E-state index in [1.54, 1.807) is 0 Å². The molecule has 1 aromatic carbocycles. The maximum Gasteiger partial charge on any atom is 0.157 e. The van der Waals surface area contributed by atoms with Crippen LogP contribution in [-0.2, 0) is 0 Å². The molecule has 0 saturated carbocycles. The van der Waals surface area contributed by atoms with E-state index in [2.05, 4.69) is 0 Å². The summed E-state index contributed by atoms with van der Waals surface area (Å²) in [5.41, 5.74) is 5.69. The highest BCUT2D eigenvalue weighted by atomic mass is 127. The average molecular weight is 297 g/mol. The first-order chi connectivity index (χ1) is 5.65. The Morgan fingerprint density at radius 1 is 1.23 bits per heavy atom. The van der Waals surface area contributed by atoms with E-state index in [9.17, 15) is 5.11 Å². The van der Waals surface area contributed by atoms with Gasteiger partial charge in [-0.1, -0.05) is 6.07 Å². The number of hydrogen-bond acceptors (Lipinski definition) is 4. The first kappa shape index (κ1) is 12.5. The molecule has 13 heavy (non-hydrogen) atoms. The first-order valence-electron chi connectivity index (χ1n) is 3.55. The van der Waals surface area contributed by atoms with Crippen molar-refractivity contribution >= 4 is 24.0 Å². The van der Waals surface area contributed by atoms with Gasteiger partial charge in [0.2, 0.25) is 0 Å². The van der Waals surface area contributed by atoms with E-state index in [1.807, 2.05) is 0 Å². The second-order valence-corrected chi connectivity index (χ2v) is 2.50. The number of hydrogen-bond donors (Lipinski definition) is 4. The van der Waals surface area contributed by atoms with Crippen molar-refractivity contribution < 1.29 is 15.3 Å². The Kier molecular flexibility index (Phi) is 5.04. The highest BCUT2D eigenvalue weighted by Gasteiger charge is 2.07. The van der Waals surface area contributed by atoms with Gasteiger partial charge >= 0.3 is 0 Å². The van der Waals surface area contributed by atoms with Gasteiger partial charge in [0.05, 0.1) is 6.10 Å². The van der Waals surface area contributed by atoms with E-state index >= 15 is 0 Å². The molecule has 0 bridgehead atoms. The van der Waals surface area contributed by atoms with Crippen LogP contribution in [0.25, 0.3) is 0 Å². The second kappa shape index (κ2) is 5.25. The fourth-order valence-electron chi connectivity index (χ4n) is 0.884. The number of aliphatic hydroxyl groups is 1. The summed E-state index contributed by atoms with van der Waals surface area (Å²) in [6, 6.07) is 4.10. The van der Waals surface area contributed by atoms with Crippen molar-refractivity contribution in [1.82, 2.24) is 0 Å². The Labute approximate surface area is 93.0 Å². The molecule has 0 unspecified atom stereocenters. The maximum absolute atomic E-state index is 9.23. The molecule has 0 aromatic heterocycles. The van der Waals surface area contributed by atoms with Gasteiger partial charge in [-0.15, -0.1) is 24.0 Å². The van der Waals surface area contributed by atoms with Crippen LogP contribution < -0.4 is 5.73 Å². The lowest BCUT2D eigenvalue weighted by molar-refractivity contribution is 0.186. The molecule has 0 aliphatic heterocycles. The number of aromatic hydroxyl groups is 2. The molecule has 0 saturated heterocycles. The molecule has 74 valence electrons. The lowest BCUT2D eigenvalue weighted by Gasteiger charge is -2.08. The minimum absolute atomic E-state index is 0. The number of benzene rings is 1. The highest BCUT2D eigenvalue weighted by molar-refractivity contribution is 14.0. The molecule has 5 heteroatoms. The molecule has 5 N–H and O–H groups in total. The number of nitrogens with two attached hydrogens (primary N) is 1. The number of halogens is 1. The van der Waals surface area contributed by atoms with Gasteiger partial charge in [0.15, 0.2) is 11.5 Å². The number of phenolic OH excluding ortho intramolecular Hbond substituents is 2. The number of rotatable bonds is 2. The van der Waals surface area contributed by atoms with Gasteiger partial charge in [0, 0.05) is 6.54 Å². The molecule has 0 spiro atoms. The third kappa shape index (κ3) is 3.02. The zero-order valence-corrected chi connectivity index (χ0v) is 9.17. The van der Waals surface area contributed by atoms with Crippen molar-refractivity contribution in [2.75, 3.05) is 6.54 Å². The second-order valence-electron chi connectivity index (χ2n) is 2.50. The van der Waals surface area contributed by atoms with Gasteiger partial charge in [0.1, 0.15) is 0 Å². The van der Waals surface area contributed by atoms with Crippen molar-refractivity contribution in [2.45, 2.75) is 6.10 Å². The fraction of sp³-hybridized carbons (Fsp3) is 0.250. The van der Waals surface area contributed by atoms with Crippen LogP contribution in [-0.4, -0.2) is 21.9 Å². The molecule has 1 aromatic rings. The minimum atomic E-state index is -0.795. The smallest absolute Gasteiger partial charge is 0.157 e. The molecule has 0 aliphatic rings. The van der Waals surface area contributed by atoms with Crippen molar-refractivity contribution in [1.29, 1.82) is 0 Å². The quantitative estimate of drug-likeness (QED) is 0.478. The molecular formula is C8H12INO3. The normalized spacial score (nSPS) is 11.8. The molecule has 0 amide bonds. The van der Waals surface area contributed by atoms with E-state index in [0.29, 0.717) is 5.56 Å². The standard InChI is InChI=1S/C8H11NO3.HI/c9-4-8(12)5-1-2-6(10)7(11)3-5;/h1-3,8,10-12H,4,9H2;1H/t8-;/m0./s1. The van der Waals surface area contributed by atoms with Gasteiger partial charge in [-0.05, 0) is 17.7 Å². The summed E-state index contributed by atoms with van der Waals surface area (Å²) in [5.74, 6) is -0.456. The van der Waals surface area contributed by atoms with Crippen LogP contribution in [0.15, 0.2) is 18.2 Å². The molecule has 1 atom stereocenters. The topological polar surface area (TPSA) is 86.7 Å². The Morgan fingerprint density at radius 2 is 1.85 bits per heavy atom. The molecule has 0 fully saturated rings. The average Bonchev–Trinajstić information content (AvgIpc) is 2.08. The van der Waals surface area contributed by atoms with Crippen LogP contribution in [0.1, 0.15) is 11.7 Å². The molecular weight excluding hydrogens is 285 g/mol. The third-order valence-electron chi connectivity index (χ3n) is 1.61. The van der Waals surface area contributed by atoms with Crippen LogP contribution in [0.4, 0.5) is 0 Å². The van der Waals surface area contributed by atoms with Crippen LogP contribution in [0, 0.1) is 0 Å². The monoisotopic (exact) mass is 297 g/mol. The van der Waals surface area contributed by atoms with E-state index in [4.69, 9.17) is 15.9 Å². The Hall–Kier alpha value is -0.530. The van der Waals surface area contributed by atoms with Crippen LogP contribution in [0.3, 0.4) is 0 Å². The van der Waals surface area contributed by atoms with Crippen molar-refractivity contribution in [3.8, 4) is 11.5 Å². The van der Waals surface area contributed by atoms with Gasteiger partial charge in [-0.2, -0.15) is 0 Å². The molecule has 0 radical (unpaired) electrons. The van der Waals surface area contributed by atoms with E-state index in [1.165, 1.54) is 18.2 Å². The lowest BCUT2D eigenvalue weighted by Crippen LogP contribution is -2.11. The Balaban J connectivity index is 0.00000144. The molecule has 0 aliphatic carbocycles. The number of aliphatic hydroxyl groups excluding tert-OH is 1. The molecule has 4 nitrogen and oxygen atoms in total. The summed E-state index contributed by atoms with van der Waals surface area (Å²) in [5, 5.41) is 27.2. The van der Waals surface area contributed by atoms with Crippen LogP contribution in [0.5, 0.6) is 11.5 Å². The summed E-state index contributed by atoms with van der Waals surface area (Å²) in [7, 11) is 0. The SMILES string of the molecule is I.NC[C@H](O)c1ccc(O)c(O)c1. The maximum atomic E-state index is 9.23. The molecule has 0 heterocycles. The van der Waals surface area contributed by atoms with E-state index in [-0.39, 0.29) is 42.0 Å². The van der Waals surface area contributed by atoms with Gasteiger partial charge in [-0.25, -0.2) is 0 Å². The Morgan fingerprint density at radius 3 is 2.31 bits per heavy atom. The zero-order valence-electron chi connectivity index (χ0n) is 6.84. The third-order valence-corrected chi connectivity index (χ3v) is 1.61. The predicted molar refractivity (Wildman–Crippen MR) is 59.2 cm³/mol. The van der Waals surface area contributed by atoms with Crippen molar-refractivity contribution in [3.63, 3.8) is 0 Å². The minimum Gasteiger partial charge on any atom is -0.504 e. The van der Waals surface area contributed by atoms with Crippen LogP contribution in [0.2, 0.25) is 0 Å². The van der Waals surface area contributed by atoms with Crippen LogP contribution >= 0.6 is 24.0 Å². The van der Waals surface area contributed by atoms with E-state index in [0.717, 1.165) is 0 Å². The van der Waals surface area contributed by atoms with Crippen molar-refractivity contribution in [2.24, 2.45) is 5.73 Å².